The van der Waals surface area contributed by atoms with E-state index in [1.807, 2.05) is 0 Å². The maximum atomic E-state index is 11.7. The first-order valence-corrected chi connectivity index (χ1v) is 21.9. The average molecular weight is 711 g/mol. The van der Waals surface area contributed by atoms with Crippen molar-refractivity contribution in [2.24, 2.45) is 5.92 Å². The molecule has 0 unspecified atom stereocenters. The lowest BCUT2D eigenvalue weighted by Crippen LogP contribution is -2.06. The van der Waals surface area contributed by atoms with Gasteiger partial charge in [0.2, 0.25) is 0 Å². The number of rotatable bonds is 38. The van der Waals surface area contributed by atoms with Crippen molar-refractivity contribution in [2.45, 2.75) is 246 Å². The molecular formula is C44H86O6. The van der Waals surface area contributed by atoms with Gasteiger partial charge in [-0.2, -0.15) is 0 Å². The summed E-state index contributed by atoms with van der Waals surface area (Å²) in [6.45, 7) is 10.2. The first-order chi connectivity index (χ1) is 24.3. The third kappa shape index (κ3) is 48.5. The molecule has 0 aliphatic rings. The summed E-state index contributed by atoms with van der Waals surface area (Å²) in [5, 5.41) is 8.52. The topological polar surface area (TPSA) is 89.9 Å². The molecule has 0 fully saturated rings. The third-order valence-corrected chi connectivity index (χ3v) is 9.46. The van der Waals surface area contributed by atoms with Crippen molar-refractivity contribution in [3.05, 3.63) is 0 Å². The van der Waals surface area contributed by atoms with E-state index in [4.69, 9.17) is 14.6 Å². The molecule has 50 heavy (non-hydrogen) atoms. The highest BCUT2D eigenvalue weighted by atomic mass is 16.5. The maximum absolute atomic E-state index is 11.7. The molecule has 0 bridgehead atoms. The summed E-state index contributed by atoms with van der Waals surface area (Å²) in [4.78, 5) is 33.7. The number of hydrogen-bond acceptors (Lipinski definition) is 5. The van der Waals surface area contributed by atoms with Crippen LogP contribution in [-0.2, 0) is 23.9 Å². The van der Waals surface area contributed by atoms with E-state index in [0.717, 1.165) is 70.1 Å². The summed E-state index contributed by atoms with van der Waals surface area (Å²) in [5.74, 6) is 0.122. The van der Waals surface area contributed by atoms with Gasteiger partial charge in [0.05, 0.1) is 13.2 Å². The van der Waals surface area contributed by atoms with Crippen LogP contribution in [0.25, 0.3) is 0 Å². The van der Waals surface area contributed by atoms with Gasteiger partial charge in [0.1, 0.15) is 0 Å². The van der Waals surface area contributed by atoms with Gasteiger partial charge in [0.25, 0.3) is 0 Å². The number of aliphatic carboxylic acids is 1. The molecule has 0 amide bonds. The molecule has 0 saturated carbocycles. The Morgan fingerprint density at radius 3 is 1.00 bits per heavy atom. The first-order valence-electron chi connectivity index (χ1n) is 21.9. The maximum Gasteiger partial charge on any atom is 0.305 e. The molecule has 0 rings (SSSR count). The van der Waals surface area contributed by atoms with E-state index in [9.17, 15) is 14.4 Å². The van der Waals surface area contributed by atoms with Gasteiger partial charge in [-0.05, 0) is 38.0 Å². The smallest absolute Gasteiger partial charge is 0.305 e. The van der Waals surface area contributed by atoms with Crippen molar-refractivity contribution < 1.29 is 29.0 Å². The van der Waals surface area contributed by atoms with E-state index in [2.05, 4.69) is 27.7 Å². The van der Waals surface area contributed by atoms with Crippen LogP contribution in [0.5, 0.6) is 0 Å². The normalized spacial score (nSPS) is 11.0. The Kier molecular flexibility index (Phi) is 44.0. The molecule has 6 heteroatoms. The molecule has 0 aromatic heterocycles. The largest absolute Gasteiger partial charge is 0.481 e. The quantitative estimate of drug-likeness (QED) is 0.0507. The van der Waals surface area contributed by atoms with Crippen molar-refractivity contribution in [3.63, 3.8) is 0 Å². The zero-order valence-electron chi connectivity index (χ0n) is 34.0. The van der Waals surface area contributed by atoms with Gasteiger partial charge in [0, 0.05) is 19.3 Å². The van der Waals surface area contributed by atoms with E-state index in [-0.39, 0.29) is 11.9 Å². The zero-order chi connectivity index (χ0) is 37.2. The fraction of sp³-hybridized carbons (Fsp3) is 0.932. The van der Waals surface area contributed by atoms with Gasteiger partial charge in [-0.25, -0.2) is 0 Å². The number of hydrogen-bond donors (Lipinski definition) is 1. The number of ether oxygens (including phenoxy) is 2. The molecule has 0 spiro atoms. The van der Waals surface area contributed by atoms with Gasteiger partial charge in [-0.1, -0.05) is 195 Å². The predicted molar refractivity (Wildman–Crippen MR) is 213 cm³/mol. The second-order valence-electron chi connectivity index (χ2n) is 15.2. The molecule has 0 radical (unpaired) electrons. The highest BCUT2D eigenvalue weighted by Gasteiger charge is 2.05. The van der Waals surface area contributed by atoms with Crippen LogP contribution in [0.3, 0.4) is 0 Å². The van der Waals surface area contributed by atoms with E-state index in [0.29, 0.717) is 32.5 Å². The number of unbranched alkanes of at least 4 members (excludes halogenated alkanes) is 26. The van der Waals surface area contributed by atoms with Crippen LogP contribution in [0.1, 0.15) is 246 Å². The monoisotopic (exact) mass is 711 g/mol. The van der Waals surface area contributed by atoms with Crippen LogP contribution in [0.2, 0.25) is 0 Å². The number of carboxylic acid groups (broad SMARTS) is 1. The van der Waals surface area contributed by atoms with Crippen LogP contribution in [0.4, 0.5) is 0 Å². The molecule has 1 N–H and O–H groups in total. The summed E-state index contributed by atoms with van der Waals surface area (Å²) < 4.78 is 10.6. The number of carbonyl (C=O) groups is 3. The second kappa shape index (κ2) is 43.6. The fourth-order valence-electron chi connectivity index (χ4n) is 6.12. The Hall–Kier alpha value is -1.59. The molecule has 0 heterocycles. The number of carbonyl (C=O) groups excluding carboxylic acids is 2. The van der Waals surface area contributed by atoms with Gasteiger partial charge < -0.3 is 14.6 Å². The van der Waals surface area contributed by atoms with Crippen LogP contribution < -0.4 is 0 Å². The van der Waals surface area contributed by atoms with E-state index in [1.54, 1.807) is 0 Å². The molecule has 0 atom stereocenters. The molecule has 298 valence electrons. The van der Waals surface area contributed by atoms with Crippen molar-refractivity contribution in [3.8, 4) is 0 Å². The number of carboxylic acids is 1. The lowest BCUT2D eigenvalue weighted by Gasteiger charge is -2.06. The van der Waals surface area contributed by atoms with E-state index < -0.39 is 5.97 Å². The van der Waals surface area contributed by atoms with Crippen molar-refractivity contribution in [1.29, 1.82) is 0 Å². The van der Waals surface area contributed by atoms with Gasteiger partial charge >= 0.3 is 17.9 Å². The van der Waals surface area contributed by atoms with E-state index in [1.165, 1.54) is 135 Å². The van der Waals surface area contributed by atoms with Gasteiger partial charge in [-0.3, -0.25) is 14.4 Å². The van der Waals surface area contributed by atoms with Crippen LogP contribution >= 0.6 is 0 Å². The second-order valence-corrected chi connectivity index (χ2v) is 15.2. The summed E-state index contributed by atoms with van der Waals surface area (Å²) in [6, 6.07) is 0. The minimum atomic E-state index is -0.654. The third-order valence-electron chi connectivity index (χ3n) is 9.46. The lowest BCUT2D eigenvalue weighted by molar-refractivity contribution is -0.144. The molecule has 0 aromatic carbocycles. The van der Waals surface area contributed by atoms with Crippen LogP contribution in [-0.4, -0.2) is 36.2 Å². The summed E-state index contributed by atoms with van der Waals surface area (Å²) >= 11 is 0. The molecule has 0 aliphatic heterocycles. The Balaban J connectivity index is 0. The summed E-state index contributed by atoms with van der Waals surface area (Å²) in [6.07, 6.45) is 39.2. The molecule has 0 aliphatic carbocycles. The Labute approximate surface area is 311 Å². The predicted octanol–water partition coefficient (Wildman–Crippen LogP) is 14.1. The minimum Gasteiger partial charge on any atom is -0.481 e. The first kappa shape index (κ1) is 50.5. The number of esters is 2. The highest BCUT2D eigenvalue weighted by molar-refractivity contribution is 5.69. The SMILES string of the molecule is CC(C)CCCCCCCCCCCCCCC(=O)O.CCCCCCCCOC(=O)CCCCCCCCC(=O)OCCCCCCCC. The average Bonchev–Trinajstić information content (AvgIpc) is 3.08. The standard InChI is InChI=1S/C26H50O4.C18H36O2/c1-3-5-7-9-15-19-23-29-25(27)21-17-13-11-12-14-18-22-26(28)30-24-20-16-10-8-6-4-2;1-17(2)15-13-11-9-7-5-3-4-6-8-10-12-14-16-18(19)20/h3-24H2,1-2H3;17H,3-16H2,1-2H3,(H,19,20). The van der Waals surface area contributed by atoms with Crippen molar-refractivity contribution in [1.82, 2.24) is 0 Å². The lowest BCUT2D eigenvalue weighted by atomic mass is 10.0. The van der Waals surface area contributed by atoms with E-state index >= 15 is 0 Å². The van der Waals surface area contributed by atoms with Gasteiger partial charge in [-0.15, -0.1) is 0 Å². The minimum absolute atomic E-state index is 0.0448. The zero-order valence-corrected chi connectivity index (χ0v) is 34.0. The van der Waals surface area contributed by atoms with Crippen LogP contribution in [0.15, 0.2) is 0 Å². The molecule has 0 aromatic rings. The summed E-state index contributed by atoms with van der Waals surface area (Å²) in [7, 11) is 0. The highest BCUT2D eigenvalue weighted by Crippen LogP contribution is 2.15. The van der Waals surface area contributed by atoms with Crippen molar-refractivity contribution in [2.75, 3.05) is 13.2 Å². The Morgan fingerprint density at radius 2 is 0.680 bits per heavy atom. The fourth-order valence-corrected chi connectivity index (χ4v) is 6.12. The summed E-state index contributed by atoms with van der Waals surface area (Å²) in [5.41, 5.74) is 0. The molecule has 6 nitrogen and oxygen atoms in total. The van der Waals surface area contributed by atoms with Crippen LogP contribution in [0, 0.1) is 5.92 Å². The van der Waals surface area contributed by atoms with Gasteiger partial charge in [0.15, 0.2) is 0 Å². The Bertz CT molecular complexity index is 671. The van der Waals surface area contributed by atoms with Crippen molar-refractivity contribution >= 4 is 17.9 Å². The molecule has 0 saturated heterocycles. The molecular weight excluding hydrogens is 624 g/mol. The Morgan fingerprint density at radius 1 is 0.400 bits per heavy atom.